The molecule has 0 radical (unpaired) electrons. The highest BCUT2D eigenvalue weighted by atomic mass is 16.5. The van der Waals surface area contributed by atoms with Gasteiger partial charge in [0.2, 0.25) is 0 Å². The Morgan fingerprint density at radius 1 is 0.958 bits per heavy atom. The minimum atomic E-state index is 0.297. The highest BCUT2D eigenvalue weighted by Gasteiger charge is 2.20. The van der Waals surface area contributed by atoms with Crippen LogP contribution in [0.5, 0.6) is 17.2 Å². The number of benzene rings is 2. The Bertz CT molecular complexity index is 636. The maximum atomic E-state index is 6.05. The number of nitrogens with two attached hydrogens (primary N) is 1. The van der Waals surface area contributed by atoms with Gasteiger partial charge in [-0.15, -0.1) is 0 Å². The summed E-state index contributed by atoms with van der Waals surface area (Å²) < 4.78 is 11.3. The van der Waals surface area contributed by atoms with Crippen LogP contribution in [0.4, 0.5) is 0 Å². The highest BCUT2D eigenvalue weighted by Crippen LogP contribution is 2.32. The summed E-state index contributed by atoms with van der Waals surface area (Å²) in [4.78, 5) is 2.50. The predicted octanol–water partition coefficient (Wildman–Crippen LogP) is 3.97. The maximum absolute atomic E-state index is 6.05. The van der Waals surface area contributed by atoms with Crippen LogP contribution in [-0.4, -0.2) is 31.6 Å². The van der Waals surface area contributed by atoms with Crippen LogP contribution in [0.2, 0.25) is 0 Å². The monoisotopic (exact) mass is 326 g/mol. The fourth-order valence-corrected chi connectivity index (χ4v) is 3.31. The molecule has 0 aliphatic carbocycles. The predicted molar refractivity (Wildman–Crippen MR) is 96.7 cm³/mol. The van der Waals surface area contributed by atoms with Gasteiger partial charge in [-0.1, -0.05) is 30.7 Å². The van der Waals surface area contributed by atoms with Gasteiger partial charge in [0.25, 0.3) is 0 Å². The summed E-state index contributed by atoms with van der Waals surface area (Å²) in [5, 5.41) is 0. The minimum Gasteiger partial charge on any atom is -0.493 e. The number of rotatable bonds is 6. The van der Waals surface area contributed by atoms with Crippen LogP contribution in [0.25, 0.3) is 0 Å². The molecule has 1 unspecified atom stereocenters. The van der Waals surface area contributed by atoms with Crippen molar-refractivity contribution >= 4 is 0 Å². The third kappa shape index (κ3) is 3.89. The van der Waals surface area contributed by atoms with Gasteiger partial charge in [-0.05, 0) is 55.8 Å². The molecule has 4 heteroatoms. The van der Waals surface area contributed by atoms with Gasteiger partial charge in [0.1, 0.15) is 5.75 Å². The van der Waals surface area contributed by atoms with Crippen LogP contribution in [0.1, 0.15) is 30.9 Å². The van der Waals surface area contributed by atoms with Crippen LogP contribution in [0, 0.1) is 0 Å². The topological polar surface area (TPSA) is 47.7 Å². The van der Waals surface area contributed by atoms with Crippen molar-refractivity contribution < 1.29 is 9.47 Å². The molecule has 1 aliphatic rings. The van der Waals surface area contributed by atoms with E-state index >= 15 is 0 Å². The van der Waals surface area contributed by atoms with Gasteiger partial charge in [-0.2, -0.15) is 0 Å². The van der Waals surface area contributed by atoms with Crippen LogP contribution < -0.4 is 15.2 Å². The SMILES string of the molecule is COc1ccccc1Oc1ccc(C(CN)N2CCCCC2)cc1. The Labute approximate surface area is 144 Å². The van der Waals surface area contributed by atoms with Crippen molar-refractivity contribution in [3.05, 3.63) is 54.1 Å². The quantitative estimate of drug-likeness (QED) is 0.872. The fourth-order valence-electron chi connectivity index (χ4n) is 3.31. The molecule has 4 nitrogen and oxygen atoms in total. The van der Waals surface area contributed by atoms with Gasteiger partial charge >= 0.3 is 0 Å². The zero-order valence-electron chi connectivity index (χ0n) is 14.3. The molecule has 24 heavy (non-hydrogen) atoms. The first-order valence-electron chi connectivity index (χ1n) is 8.67. The molecule has 2 aromatic carbocycles. The molecule has 1 aliphatic heterocycles. The van der Waals surface area contributed by atoms with E-state index in [9.17, 15) is 0 Å². The molecule has 0 spiro atoms. The second-order valence-electron chi connectivity index (χ2n) is 6.17. The molecule has 0 aromatic heterocycles. The van der Waals surface area contributed by atoms with Crippen LogP contribution in [-0.2, 0) is 0 Å². The Balaban J connectivity index is 1.72. The van der Waals surface area contributed by atoms with Crippen molar-refractivity contribution in [3.63, 3.8) is 0 Å². The third-order valence-corrected chi connectivity index (χ3v) is 4.62. The first-order chi connectivity index (χ1) is 11.8. The molecule has 1 fully saturated rings. The average Bonchev–Trinajstić information content (AvgIpc) is 2.65. The Morgan fingerprint density at radius 3 is 2.25 bits per heavy atom. The zero-order valence-corrected chi connectivity index (χ0v) is 14.3. The molecule has 1 heterocycles. The van der Waals surface area contributed by atoms with Crippen LogP contribution in [0.15, 0.2) is 48.5 Å². The van der Waals surface area contributed by atoms with E-state index < -0.39 is 0 Å². The summed E-state index contributed by atoms with van der Waals surface area (Å²) in [6, 6.07) is 16.2. The first-order valence-corrected chi connectivity index (χ1v) is 8.67. The first kappa shape index (κ1) is 16.8. The molecule has 2 N–H and O–H groups in total. The van der Waals surface area contributed by atoms with E-state index in [2.05, 4.69) is 17.0 Å². The van der Waals surface area contributed by atoms with Crippen molar-refractivity contribution in [3.8, 4) is 17.2 Å². The summed E-state index contributed by atoms with van der Waals surface area (Å²) in [5.41, 5.74) is 7.30. The number of likely N-dealkylation sites (tertiary alicyclic amines) is 1. The molecule has 2 aromatic rings. The van der Waals surface area contributed by atoms with Crippen LogP contribution >= 0.6 is 0 Å². The van der Waals surface area contributed by atoms with Gasteiger partial charge in [-0.3, -0.25) is 4.90 Å². The molecular weight excluding hydrogens is 300 g/mol. The lowest BCUT2D eigenvalue weighted by molar-refractivity contribution is 0.167. The second kappa shape index (κ2) is 8.18. The summed E-state index contributed by atoms with van der Waals surface area (Å²) in [6.45, 7) is 2.93. The van der Waals surface area contributed by atoms with Gasteiger partial charge < -0.3 is 15.2 Å². The third-order valence-electron chi connectivity index (χ3n) is 4.62. The Morgan fingerprint density at radius 2 is 1.62 bits per heavy atom. The largest absolute Gasteiger partial charge is 0.493 e. The van der Waals surface area contributed by atoms with E-state index in [-0.39, 0.29) is 0 Å². The number of methoxy groups -OCH3 is 1. The standard InChI is InChI=1S/C20H26N2O2/c1-23-19-7-3-4-8-20(19)24-17-11-9-16(10-12-17)18(15-21)22-13-5-2-6-14-22/h3-4,7-12,18H,2,5-6,13-15,21H2,1H3. The number of piperidine rings is 1. The van der Waals surface area contributed by atoms with E-state index in [1.165, 1.54) is 24.8 Å². The smallest absolute Gasteiger partial charge is 0.169 e. The summed E-state index contributed by atoms with van der Waals surface area (Å²) in [5.74, 6) is 2.26. The minimum absolute atomic E-state index is 0.297. The lowest BCUT2D eigenvalue weighted by Gasteiger charge is -2.34. The van der Waals surface area contributed by atoms with Gasteiger partial charge in [0.15, 0.2) is 11.5 Å². The van der Waals surface area contributed by atoms with Gasteiger partial charge in [-0.25, -0.2) is 0 Å². The number of nitrogens with zero attached hydrogens (tertiary/aromatic N) is 1. The van der Waals surface area contributed by atoms with E-state index in [4.69, 9.17) is 15.2 Å². The normalized spacial score (nSPS) is 16.6. The Hall–Kier alpha value is -2.04. The molecule has 0 amide bonds. The molecule has 0 saturated carbocycles. The number of para-hydroxylation sites is 2. The van der Waals surface area contributed by atoms with E-state index in [0.29, 0.717) is 12.6 Å². The van der Waals surface area contributed by atoms with Crippen molar-refractivity contribution in [2.24, 2.45) is 5.73 Å². The van der Waals surface area contributed by atoms with Crippen molar-refractivity contribution in [1.29, 1.82) is 0 Å². The highest BCUT2D eigenvalue weighted by molar-refractivity contribution is 5.43. The molecule has 128 valence electrons. The van der Waals surface area contributed by atoms with Crippen LogP contribution in [0.3, 0.4) is 0 Å². The number of hydrogen-bond donors (Lipinski definition) is 1. The van der Waals surface area contributed by atoms with Crippen molar-refractivity contribution in [2.45, 2.75) is 25.3 Å². The number of ether oxygens (including phenoxy) is 2. The lowest BCUT2D eigenvalue weighted by atomic mass is 10.0. The van der Waals surface area contributed by atoms with Crippen molar-refractivity contribution in [2.75, 3.05) is 26.7 Å². The summed E-state index contributed by atoms with van der Waals surface area (Å²) in [7, 11) is 1.65. The molecular formula is C20H26N2O2. The number of hydrogen-bond acceptors (Lipinski definition) is 4. The fraction of sp³-hybridized carbons (Fsp3) is 0.400. The van der Waals surface area contributed by atoms with Gasteiger partial charge in [0.05, 0.1) is 7.11 Å². The lowest BCUT2D eigenvalue weighted by Crippen LogP contribution is -2.37. The van der Waals surface area contributed by atoms with E-state index in [1.807, 2.05) is 36.4 Å². The summed E-state index contributed by atoms with van der Waals surface area (Å²) >= 11 is 0. The maximum Gasteiger partial charge on any atom is 0.169 e. The molecule has 3 rings (SSSR count). The van der Waals surface area contributed by atoms with E-state index in [0.717, 1.165) is 30.3 Å². The Kier molecular flexibility index (Phi) is 5.72. The molecule has 1 atom stereocenters. The second-order valence-corrected chi connectivity index (χ2v) is 6.17. The molecule has 0 bridgehead atoms. The average molecular weight is 326 g/mol. The van der Waals surface area contributed by atoms with Crippen molar-refractivity contribution in [1.82, 2.24) is 4.90 Å². The van der Waals surface area contributed by atoms with Gasteiger partial charge in [0, 0.05) is 12.6 Å². The summed E-state index contributed by atoms with van der Waals surface area (Å²) in [6.07, 6.45) is 3.87. The molecule has 1 saturated heterocycles. The van der Waals surface area contributed by atoms with E-state index in [1.54, 1.807) is 7.11 Å². The zero-order chi connectivity index (χ0) is 16.8.